The molecule has 2 aromatic heterocycles. The number of benzene rings is 2. The number of methoxy groups -OCH3 is 2. The van der Waals surface area contributed by atoms with Crippen LogP contribution in [-0.2, 0) is 7.05 Å². The van der Waals surface area contributed by atoms with Crippen LogP contribution in [0.3, 0.4) is 0 Å². The van der Waals surface area contributed by atoms with Crippen LogP contribution in [0.15, 0.2) is 79.3 Å². The third kappa shape index (κ3) is 4.85. The summed E-state index contributed by atoms with van der Waals surface area (Å²) in [4.78, 5) is 24.2. The number of pyridine rings is 1. The molecule has 8 heteroatoms. The number of nitrogens with zero attached hydrogens (tertiary/aromatic N) is 4. The summed E-state index contributed by atoms with van der Waals surface area (Å²) in [7, 11) is 7.00. The maximum Gasteiger partial charge on any atom is 0.253 e. The zero-order valence-electron chi connectivity index (χ0n) is 19.6. The predicted molar refractivity (Wildman–Crippen MR) is 131 cm³/mol. The molecule has 174 valence electrons. The summed E-state index contributed by atoms with van der Waals surface area (Å²) < 4.78 is 12.7. The number of aryl methyl sites for hydroxylation is 1. The lowest BCUT2D eigenvalue weighted by atomic mass is 10.0. The lowest BCUT2D eigenvalue weighted by molar-refractivity contribution is 0.0940. The van der Waals surface area contributed by atoms with Crippen LogP contribution in [0.5, 0.6) is 11.5 Å². The number of amides is 1. The van der Waals surface area contributed by atoms with Gasteiger partial charge in [0.1, 0.15) is 29.2 Å². The number of hydrogen-bond donors (Lipinski definition) is 1. The van der Waals surface area contributed by atoms with E-state index in [1.54, 1.807) is 38.7 Å². The third-order valence-corrected chi connectivity index (χ3v) is 5.60. The molecule has 1 amide bonds. The Kier molecular flexibility index (Phi) is 6.77. The number of hydrogen-bond acceptors (Lipinski definition) is 6. The van der Waals surface area contributed by atoms with E-state index in [0.717, 1.165) is 17.1 Å². The molecule has 4 aromatic rings. The standard InChI is InChI=1S/C26H27N5O3/c1-30-13-12-27-25(30)24(19-14-21(33-3)16-22(15-19)34-4)29-26(32)18-10-11-23(28-17-18)31(2)20-8-6-5-7-9-20/h5-17,24H,1-4H3,(H,29,32). The first-order valence-electron chi connectivity index (χ1n) is 10.8. The molecule has 4 rings (SSSR count). The monoisotopic (exact) mass is 457 g/mol. The fourth-order valence-electron chi connectivity index (χ4n) is 3.67. The maximum absolute atomic E-state index is 13.2. The molecule has 1 N–H and O–H groups in total. The second kappa shape index (κ2) is 10.1. The first kappa shape index (κ1) is 22.8. The summed E-state index contributed by atoms with van der Waals surface area (Å²) in [6.45, 7) is 0. The summed E-state index contributed by atoms with van der Waals surface area (Å²) in [6, 6.07) is 18.5. The molecule has 0 spiro atoms. The lowest BCUT2D eigenvalue weighted by Gasteiger charge is -2.21. The lowest BCUT2D eigenvalue weighted by Crippen LogP contribution is -2.31. The minimum atomic E-state index is -0.525. The van der Waals surface area contributed by atoms with E-state index in [4.69, 9.17) is 9.47 Å². The van der Waals surface area contributed by atoms with Crippen LogP contribution in [0.1, 0.15) is 27.8 Å². The predicted octanol–water partition coefficient (Wildman–Crippen LogP) is 4.12. The van der Waals surface area contributed by atoms with Gasteiger partial charge in [-0.2, -0.15) is 0 Å². The van der Waals surface area contributed by atoms with E-state index in [1.165, 1.54) is 0 Å². The Morgan fingerprint density at radius 1 is 1.00 bits per heavy atom. The fraction of sp³-hybridized carbons (Fsp3) is 0.192. The van der Waals surface area contributed by atoms with Gasteiger partial charge in [-0.3, -0.25) is 4.79 Å². The number of para-hydroxylation sites is 1. The second-order valence-corrected chi connectivity index (χ2v) is 7.75. The van der Waals surface area contributed by atoms with Crippen molar-refractivity contribution in [2.24, 2.45) is 7.05 Å². The smallest absolute Gasteiger partial charge is 0.253 e. The first-order valence-corrected chi connectivity index (χ1v) is 10.8. The Balaban J connectivity index is 1.61. The van der Waals surface area contributed by atoms with Gasteiger partial charge in [-0.1, -0.05) is 18.2 Å². The van der Waals surface area contributed by atoms with Crippen LogP contribution in [0.4, 0.5) is 11.5 Å². The van der Waals surface area contributed by atoms with Gasteiger partial charge in [-0.15, -0.1) is 0 Å². The van der Waals surface area contributed by atoms with Crippen molar-refractivity contribution < 1.29 is 14.3 Å². The van der Waals surface area contributed by atoms with E-state index in [9.17, 15) is 4.79 Å². The van der Waals surface area contributed by atoms with Crippen LogP contribution in [-0.4, -0.2) is 41.7 Å². The van der Waals surface area contributed by atoms with Gasteiger partial charge >= 0.3 is 0 Å². The molecule has 2 heterocycles. The van der Waals surface area contributed by atoms with Crippen LogP contribution in [0, 0.1) is 0 Å². The number of aromatic nitrogens is 3. The van der Waals surface area contributed by atoms with Crippen molar-refractivity contribution in [3.05, 3.63) is 96.2 Å². The average molecular weight is 458 g/mol. The number of imidazole rings is 1. The Bertz CT molecular complexity index is 1230. The zero-order valence-corrected chi connectivity index (χ0v) is 19.6. The third-order valence-electron chi connectivity index (χ3n) is 5.60. The summed E-state index contributed by atoms with van der Waals surface area (Å²) in [5, 5.41) is 3.09. The molecule has 0 radical (unpaired) electrons. The summed E-state index contributed by atoms with van der Waals surface area (Å²) >= 11 is 0. The van der Waals surface area contributed by atoms with Gasteiger partial charge in [-0.25, -0.2) is 9.97 Å². The Morgan fingerprint density at radius 2 is 1.71 bits per heavy atom. The number of nitrogens with one attached hydrogen (secondary N) is 1. The number of carbonyl (C=O) groups is 1. The second-order valence-electron chi connectivity index (χ2n) is 7.75. The van der Waals surface area contributed by atoms with E-state index in [0.29, 0.717) is 22.9 Å². The average Bonchev–Trinajstić information content (AvgIpc) is 3.32. The van der Waals surface area contributed by atoms with Crippen LogP contribution < -0.4 is 19.7 Å². The maximum atomic E-state index is 13.2. The number of anilines is 2. The zero-order chi connectivity index (χ0) is 24.1. The summed E-state index contributed by atoms with van der Waals surface area (Å²) in [5.41, 5.74) is 2.24. The number of ether oxygens (including phenoxy) is 2. The molecule has 0 aliphatic carbocycles. The van der Waals surface area contributed by atoms with Gasteiger partial charge in [0.05, 0.1) is 19.8 Å². The van der Waals surface area contributed by atoms with Crippen molar-refractivity contribution in [1.82, 2.24) is 19.9 Å². The van der Waals surface area contributed by atoms with Gasteiger partial charge < -0.3 is 24.3 Å². The van der Waals surface area contributed by atoms with E-state index >= 15 is 0 Å². The highest BCUT2D eigenvalue weighted by Gasteiger charge is 2.23. The highest BCUT2D eigenvalue weighted by atomic mass is 16.5. The topological polar surface area (TPSA) is 81.5 Å². The molecular formula is C26H27N5O3. The van der Waals surface area contributed by atoms with Crippen LogP contribution in [0.25, 0.3) is 0 Å². The van der Waals surface area contributed by atoms with Crippen molar-refractivity contribution in [2.75, 3.05) is 26.2 Å². The van der Waals surface area contributed by atoms with Crippen molar-refractivity contribution >= 4 is 17.4 Å². The minimum Gasteiger partial charge on any atom is -0.497 e. The van der Waals surface area contributed by atoms with Gasteiger partial charge in [0, 0.05) is 44.4 Å². The Hall–Kier alpha value is -4.33. The molecule has 8 nitrogen and oxygen atoms in total. The first-order chi connectivity index (χ1) is 16.5. The highest BCUT2D eigenvalue weighted by molar-refractivity contribution is 5.94. The van der Waals surface area contributed by atoms with E-state index in [-0.39, 0.29) is 5.91 Å². The van der Waals surface area contributed by atoms with Gasteiger partial charge in [-0.05, 0) is 42.0 Å². The molecule has 0 fully saturated rings. The molecule has 0 bridgehead atoms. The van der Waals surface area contributed by atoms with Gasteiger partial charge in [0.25, 0.3) is 5.91 Å². The molecule has 0 aliphatic heterocycles. The van der Waals surface area contributed by atoms with E-state index < -0.39 is 6.04 Å². The SMILES string of the molecule is COc1cc(OC)cc(C(NC(=O)c2ccc(N(C)c3ccccc3)nc2)c2nccn2C)c1. The highest BCUT2D eigenvalue weighted by Crippen LogP contribution is 2.30. The van der Waals surface area contributed by atoms with Gasteiger partial charge in [0.2, 0.25) is 0 Å². The summed E-state index contributed by atoms with van der Waals surface area (Å²) in [5.74, 6) is 2.39. The molecular weight excluding hydrogens is 430 g/mol. The summed E-state index contributed by atoms with van der Waals surface area (Å²) in [6.07, 6.45) is 5.11. The largest absolute Gasteiger partial charge is 0.497 e. The van der Waals surface area contributed by atoms with Crippen molar-refractivity contribution in [1.29, 1.82) is 0 Å². The molecule has 1 unspecified atom stereocenters. The van der Waals surface area contributed by atoms with Crippen molar-refractivity contribution in [2.45, 2.75) is 6.04 Å². The van der Waals surface area contributed by atoms with Crippen molar-refractivity contribution in [3.8, 4) is 11.5 Å². The number of rotatable bonds is 8. The Labute approximate surface area is 198 Å². The molecule has 34 heavy (non-hydrogen) atoms. The quantitative estimate of drug-likeness (QED) is 0.429. The van der Waals surface area contributed by atoms with Crippen molar-refractivity contribution in [3.63, 3.8) is 0 Å². The molecule has 2 aromatic carbocycles. The van der Waals surface area contributed by atoms with Gasteiger partial charge in [0.15, 0.2) is 0 Å². The molecule has 0 saturated carbocycles. The van der Waals surface area contributed by atoms with E-state index in [1.807, 2.05) is 78.3 Å². The van der Waals surface area contributed by atoms with Crippen LogP contribution >= 0.6 is 0 Å². The minimum absolute atomic E-state index is 0.267. The normalized spacial score (nSPS) is 11.5. The molecule has 0 aliphatic rings. The molecule has 1 atom stereocenters. The van der Waals surface area contributed by atoms with Crippen LogP contribution in [0.2, 0.25) is 0 Å². The fourth-order valence-corrected chi connectivity index (χ4v) is 3.67. The Morgan fingerprint density at radius 3 is 2.26 bits per heavy atom. The van der Waals surface area contributed by atoms with E-state index in [2.05, 4.69) is 15.3 Å². The number of carbonyl (C=O) groups excluding carboxylic acids is 1. The molecule has 0 saturated heterocycles.